The van der Waals surface area contributed by atoms with E-state index in [1.165, 1.54) is 45.4 Å². The zero-order valence-electron chi connectivity index (χ0n) is 18.0. The number of carbonyl (C=O) groups is 2. The molecule has 0 spiro atoms. The summed E-state index contributed by atoms with van der Waals surface area (Å²) in [7, 11) is -4.45. The van der Waals surface area contributed by atoms with E-state index >= 15 is 0 Å². The van der Waals surface area contributed by atoms with E-state index in [0.717, 1.165) is 19.3 Å². The summed E-state index contributed by atoms with van der Waals surface area (Å²) in [6.45, 7) is 3.57. The fourth-order valence-corrected chi connectivity index (χ4v) is 3.31. The highest BCUT2D eigenvalue weighted by atomic mass is 31.2. The molecule has 0 aliphatic rings. The molecule has 0 aromatic heterocycles. The van der Waals surface area contributed by atoms with Crippen LogP contribution in [0.3, 0.4) is 0 Å². The molecule has 0 aliphatic carbocycles. The van der Waals surface area contributed by atoms with Crippen LogP contribution >= 0.6 is 7.82 Å². The molecule has 2 N–H and O–H groups in total. The molecule has 0 rings (SSSR count). The molecular weight excluding hydrogens is 399 g/mol. The summed E-state index contributed by atoms with van der Waals surface area (Å²) in [6, 6.07) is 0. The van der Waals surface area contributed by atoms with Gasteiger partial charge in [0.05, 0.1) is 19.6 Å². The smallest absolute Gasteiger partial charge is 0.466 e. The molecule has 0 amide bonds. The first-order valence-corrected chi connectivity index (χ1v) is 12.3. The Labute approximate surface area is 174 Å². The fourth-order valence-electron chi connectivity index (χ4n) is 2.94. The zero-order chi connectivity index (χ0) is 22.0. The summed E-state index contributed by atoms with van der Waals surface area (Å²) >= 11 is 0. The summed E-state index contributed by atoms with van der Waals surface area (Å²) < 4.78 is 25.2. The van der Waals surface area contributed by atoms with E-state index in [-0.39, 0.29) is 19.6 Å². The van der Waals surface area contributed by atoms with Crippen LogP contribution in [-0.2, 0) is 28.2 Å². The van der Waals surface area contributed by atoms with Crippen LogP contribution in [0.15, 0.2) is 0 Å². The molecule has 0 saturated heterocycles. The molecule has 0 heterocycles. The second kappa shape index (κ2) is 17.9. The number of ether oxygens (including phenoxy) is 2. The van der Waals surface area contributed by atoms with Gasteiger partial charge in [0.1, 0.15) is 6.10 Å². The normalized spacial score (nSPS) is 12.6. The van der Waals surface area contributed by atoms with Crippen molar-refractivity contribution in [1.82, 2.24) is 0 Å². The van der Waals surface area contributed by atoms with Gasteiger partial charge in [-0.25, -0.2) is 4.57 Å². The summed E-state index contributed by atoms with van der Waals surface area (Å²) in [5.74, 6) is -0.851. The lowest BCUT2D eigenvalue weighted by molar-refractivity contribution is -0.154. The van der Waals surface area contributed by atoms with Gasteiger partial charge in [-0.3, -0.25) is 14.1 Å². The lowest BCUT2D eigenvalue weighted by Crippen LogP contribution is -2.22. The van der Waals surface area contributed by atoms with Gasteiger partial charge in [0, 0.05) is 6.92 Å². The van der Waals surface area contributed by atoms with Gasteiger partial charge in [-0.15, -0.1) is 0 Å². The van der Waals surface area contributed by atoms with Crippen molar-refractivity contribution in [2.75, 3.05) is 13.2 Å². The van der Waals surface area contributed by atoms with Crippen molar-refractivity contribution in [2.24, 2.45) is 0 Å². The van der Waals surface area contributed by atoms with Gasteiger partial charge in [-0.1, -0.05) is 58.3 Å². The number of hydrogen-bond donors (Lipinski definition) is 2. The third-order valence-corrected chi connectivity index (χ3v) is 4.94. The van der Waals surface area contributed by atoms with Crippen LogP contribution in [0.1, 0.15) is 97.3 Å². The van der Waals surface area contributed by atoms with Gasteiger partial charge < -0.3 is 19.3 Å². The van der Waals surface area contributed by atoms with Crippen LogP contribution in [0.2, 0.25) is 0 Å². The predicted molar refractivity (Wildman–Crippen MR) is 110 cm³/mol. The Hall–Kier alpha value is -0.950. The van der Waals surface area contributed by atoms with Gasteiger partial charge in [-0.2, -0.15) is 0 Å². The molecule has 0 bridgehead atoms. The van der Waals surface area contributed by atoms with Crippen LogP contribution < -0.4 is 0 Å². The van der Waals surface area contributed by atoms with E-state index in [2.05, 4.69) is 11.4 Å². The molecule has 0 fully saturated rings. The highest BCUT2D eigenvalue weighted by molar-refractivity contribution is 7.46. The summed E-state index contributed by atoms with van der Waals surface area (Å²) in [5, 5.41) is 0. The Morgan fingerprint density at radius 1 is 0.862 bits per heavy atom. The van der Waals surface area contributed by atoms with Gasteiger partial charge in [-0.05, 0) is 25.7 Å². The number of carbonyl (C=O) groups excluding carboxylic acids is 2. The molecule has 29 heavy (non-hydrogen) atoms. The minimum atomic E-state index is -4.45. The largest absolute Gasteiger partial charge is 0.469 e. The minimum Gasteiger partial charge on any atom is -0.466 e. The van der Waals surface area contributed by atoms with Crippen LogP contribution in [0.25, 0.3) is 0 Å². The molecule has 0 aromatic carbocycles. The highest BCUT2D eigenvalue weighted by Gasteiger charge is 2.18. The number of rotatable bonds is 19. The van der Waals surface area contributed by atoms with Crippen molar-refractivity contribution in [3.8, 4) is 0 Å². The quantitative estimate of drug-likeness (QED) is 0.170. The van der Waals surface area contributed by atoms with Gasteiger partial charge in [0.25, 0.3) is 0 Å². The average molecular weight is 438 g/mol. The number of unbranched alkanes of at least 4 members (excludes halogenated alkanes) is 9. The summed E-state index contributed by atoms with van der Waals surface area (Å²) in [5.41, 5.74) is 0. The lowest BCUT2D eigenvalue weighted by Gasteiger charge is -2.16. The van der Waals surface area contributed by atoms with Gasteiger partial charge in [0.15, 0.2) is 0 Å². The van der Waals surface area contributed by atoms with E-state index in [9.17, 15) is 14.2 Å². The van der Waals surface area contributed by atoms with Crippen molar-refractivity contribution in [3.05, 3.63) is 0 Å². The second-order valence-corrected chi connectivity index (χ2v) is 8.54. The highest BCUT2D eigenvalue weighted by Crippen LogP contribution is 2.35. The maximum Gasteiger partial charge on any atom is 0.469 e. The standard InChI is InChI=1S/C20H39O8P/c1-3-4-5-6-7-8-9-10-11-14-19(28-18(2)21)17-20(22)26-15-12-13-16-27-29(23,24)25/h19H,3-17H2,1-2H3,(H2,23,24,25). The molecule has 0 aromatic rings. The van der Waals surface area contributed by atoms with Crippen LogP contribution in [-0.4, -0.2) is 41.0 Å². The Morgan fingerprint density at radius 3 is 1.97 bits per heavy atom. The molecule has 1 unspecified atom stereocenters. The maximum atomic E-state index is 11.9. The zero-order valence-corrected chi connectivity index (χ0v) is 18.9. The molecular formula is C20H39O8P. The van der Waals surface area contributed by atoms with Gasteiger partial charge >= 0.3 is 19.8 Å². The molecule has 8 nitrogen and oxygen atoms in total. The van der Waals surface area contributed by atoms with E-state index in [0.29, 0.717) is 19.3 Å². The Bertz CT molecular complexity index is 477. The molecule has 0 saturated carbocycles. The Balaban J connectivity index is 3.87. The number of hydrogen-bond acceptors (Lipinski definition) is 6. The fraction of sp³-hybridized carbons (Fsp3) is 0.900. The molecule has 0 aliphatic heterocycles. The SMILES string of the molecule is CCCCCCCCCCCC(CC(=O)OCCCCOP(=O)(O)O)OC(C)=O. The Morgan fingerprint density at radius 2 is 1.41 bits per heavy atom. The van der Waals surface area contributed by atoms with Crippen LogP contribution in [0.5, 0.6) is 0 Å². The molecule has 172 valence electrons. The molecule has 1 atom stereocenters. The molecule has 0 radical (unpaired) electrons. The third-order valence-electron chi connectivity index (χ3n) is 4.42. The maximum absolute atomic E-state index is 11.9. The average Bonchev–Trinajstić information content (AvgIpc) is 2.61. The minimum absolute atomic E-state index is 0.0234. The number of phosphoric ester groups is 1. The van der Waals surface area contributed by atoms with E-state index < -0.39 is 25.9 Å². The number of phosphoric acid groups is 1. The monoisotopic (exact) mass is 438 g/mol. The van der Waals surface area contributed by atoms with Crippen LogP contribution in [0.4, 0.5) is 0 Å². The lowest BCUT2D eigenvalue weighted by atomic mass is 10.0. The van der Waals surface area contributed by atoms with Crippen molar-refractivity contribution in [1.29, 1.82) is 0 Å². The predicted octanol–water partition coefficient (Wildman–Crippen LogP) is 4.66. The van der Waals surface area contributed by atoms with Crippen molar-refractivity contribution >= 4 is 19.8 Å². The topological polar surface area (TPSA) is 119 Å². The van der Waals surface area contributed by atoms with Crippen molar-refractivity contribution in [3.63, 3.8) is 0 Å². The first-order valence-electron chi connectivity index (χ1n) is 10.8. The van der Waals surface area contributed by atoms with Crippen molar-refractivity contribution in [2.45, 2.75) is 103 Å². The summed E-state index contributed by atoms with van der Waals surface area (Å²) in [4.78, 5) is 40.3. The second-order valence-electron chi connectivity index (χ2n) is 7.30. The van der Waals surface area contributed by atoms with Crippen LogP contribution in [0, 0.1) is 0 Å². The van der Waals surface area contributed by atoms with E-state index in [4.69, 9.17) is 19.3 Å². The molecule has 9 heteroatoms. The third kappa shape index (κ3) is 21.6. The van der Waals surface area contributed by atoms with Gasteiger partial charge in [0.2, 0.25) is 0 Å². The summed E-state index contributed by atoms with van der Waals surface area (Å²) in [6.07, 6.45) is 11.7. The first-order chi connectivity index (χ1) is 13.7. The van der Waals surface area contributed by atoms with Crippen molar-refractivity contribution < 1.29 is 37.9 Å². The van der Waals surface area contributed by atoms with E-state index in [1.54, 1.807) is 0 Å². The van der Waals surface area contributed by atoms with E-state index in [1.807, 2.05) is 0 Å². The number of esters is 2. The first kappa shape index (κ1) is 28.1. The Kier molecular flexibility index (Phi) is 17.3.